The zero-order valence-electron chi connectivity index (χ0n) is 9.87. The summed E-state index contributed by atoms with van der Waals surface area (Å²) in [6, 6.07) is 0. The number of hydrogen-bond donors (Lipinski definition) is 3. The predicted molar refractivity (Wildman–Crippen MR) is 71.1 cm³/mol. The molecule has 0 aliphatic heterocycles. The van der Waals surface area contributed by atoms with Gasteiger partial charge in [-0.2, -0.15) is 0 Å². The van der Waals surface area contributed by atoms with Gasteiger partial charge in [0, 0.05) is 24.5 Å². The molecule has 0 aromatic carbocycles. The van der Waals surface area contributed by atoms with Crippen LogP contribution in [0.1, 0.15) is 12.8 Å². The number of primary amides is 1. The second kappa shape index (κ2) is 5.15. The number of amides is 1. The number of carbonyl (C=O) groups is 1. The van der Waals surface area contributed by atoms with Gasteiger partial charge >= 0.3 is 0 Å². The van der Waals surface area contributed by atoms with Gasteiger partial charge in [0.05, 0.1) is 0 Å². The van der Waals surface area contributed by atoms with E-state index in [9.17, 15) is 13.2 Å². The zero-order valence-corrected chi connectivity index (χ0v) is 11.5. The molecule has 0 aliphatic carbocycles. The minimum Gasteiger partial charge on any atom is -0.381 e. The van der Waals surface area contributed by atoms with Crippen molar-refractivity contribution in [1.82, 2.24) is 14.1 Å². The van der Waals surface area contributed by atoms with Crippen LogP contribution in [0.2, 0.25) is 0 Å². The van der Waals surface area contributed by atoms with Crippen molar-refractivity contribution in [2.45, 2.75) is 17.9 Å². The molecule has 0 saturated heterocycles. The van der Waals surface area contributed by atoms with Crippen molar-refractivity contribution in [3.63, 3.8) is 0 Å². The molecule has 0 aliphatic rings. The molecule has 0 unspecified atom stereocenters. The van der Waals surface area contributed by atoms with Crippen molar-refractivity contribution >= 4 is 38.0 Å². The smallest absolute Gasteiger partial charge is 0.260 e. The summed E-state index contributed by atoms with van der Waals surface area (Å²) in [5.41, 5.74) is 10.6. The highest BCUT2D eigenvalue weighted by Crippen LogP contribution is 2.22. The van der Waals surface area contributed by atoms with Crippen LogP contribution in [-0.2, 0) is 14.8 Å². The van der Waals surface area contributed by atoms with Gasteiger partial charge in [0.2, 0.25) is 5.91 Å². The van der Waals surface area contributed by atoms with Gasteiger partial charge in [-0.3, -0.25) is 9.20 Å². The maximum Gasteiger partial charge on any atom is 0.260 e. The van der Waals surface area contributed by atoms with Crippen molar-refractivity contribution in [3.05, 3.63) is 11.6 Å². The number of nitrogens with one attached hydrogen (secondary N) is 1. The molecule has 2 aromatic heterocycles. The van der Waals surface area contributed by atoms with E-state index < -0.39 is 15.9 Å². The maximum absolute atomic E-state index is 12.1. The SMILES string of the molecule is NC(=O)CCCNS(=O)(=O)c1c(N)nc2sccn12. The quantitative estimate of drug-likeness (QED) is 0.620. The fraction of sp³-hybridized carbons (Fsp3) is 0.333. The highest BCUT2D eigenvalue weighted by atomic mass is 32.2. The second-order valence-electron chi connectivity index (χ2n) is 3.83. The van der Waals surface area contributed by atoms with E-state index in [2.05, 4.69) is 9.71 Å². The maximum atomic E-state index is 12.1. The molecule has 0 fully saturated rings. The van der Waals surface area contributed by atoms with Gasteiger partial charge < -0.3 is 11.5 Å². The lowest BCUT2D eigenvalue weighted by molar-refractivity contribution is -0.118. The molecule has 2 aromatic rings. The van der Waals surface area contributed by atoms with Gasteiger partial charge in [-0.1, -0.05) is 0 Å². The Morgan fingerprint density at radius 3 is 2.95 bits per heavy atom. The fourth-order valence-corrected chi connectivity index (χ4v) is 3.64. The summed E-state index contributed by atoms with van der Waals surface area (Å²) in [6.45, 7) is 0.113. The van der Waals surface area contributed by atoms with Crippen molar-refractivity contribution in [2.24, 2.45) is 5.73 Å². The molecular weight excluding hydrogens is 290 g/mol. The van der Waals surface area contributed by atoms with Gasteiger partial charge in [0.1, 0.15) is 0 Å². The standard InChI is InChI=1S/C9H13N5O3S2/c10-6(15)2-1-3-12-19(16,17)8-7(11)13-9-14(8)4-5-18-9/h4-5,12H,1-3,11H2,(H2,10,15). The molecule has 19 heavy (non-hydrogen) atoms. The normalized spacial score (nSPS) is 12.0. The Morgan fingerprint density at radius 2 is 2.26 bits per heavy atom. The third kappa shape index (κ3) is 2.85. The number of hydrogen-bond acceptors (Lipinski definition) is 6. The molecule has 0 radical (unpaired) electrons. The summed E-state index contributed by atoms with van der Waals surface area (Å²) in [4.78, 5) is 15.0. The van der Waals surface area contributed by atoms with Crippen molar-refractivity contribution in [2.75, 3.05) is 12.3 Å². The van der Waals surface area contributed by atoms with Crippen LogP contribution in [0.3, 0.4) is 0 Å². The number of fused-ring (bicyclic) bond motifs is 1. The summed E-state index contributed by atoms with van der Waals surface area (Å²) in [5, 5.41) is 1.64. The van der Waals surface area contributed by atoms with Gasteiger partial charge in [0.15, 0.2) is 15.8 Å². The first-order valence-corrected chi connectivity index (χ1v) is 7.77. The Morgan fingerprint density at radius 1 is 1.53 bits per heavy atom. The largest absolute Gasteiger partial charge is 0.381 e. The van der Waals surface area contributed by atoms with Gasteiger partial charge in [-0.25, -0.2) is 18.1 Å². The van der Waals surface area contributed by atoms with E-state index in [1.807, 2.05) is 0 Å². The number of nitrogen functional groups attached to an aromatic ring is 1. The molecule has 2 rings (SSSR count). The monoisotopic (exact) mass is 303 g/mol. The highest BCUT2D eigenvalue weighted by Gasteiger charge is 2.23. The predicted octanol–water partition coefficient (Wildman–Crippen LogP) is -0.478. The molecule has 104 valence electrons. The first-order valence-electron chi connectivity index (χ1n) is 5.41. The molecule has 0 saturated carbocycles. The van der Waals surface area contributed by atoms with Gasteiger partial charge in [-0.05, 0) is 6.42 Å². The molecule has 0 atom stereocenters. The third-order valence-electron chi connectivity index (χ3n) is 2.39. The van der Waals surface area contributed by atoms with E-state index in [4.69, 9.17) is 11.5 Å². The first-order chi connectivity index (χ1) is 8.92. The Bertz CT molecular complexity index is 703. The summed E-state index contributed by atoms with van der Waals surface area (Å²) < 4.78 is 28.0. The van der Waals surface area contributed by atoms with E-state index in [0.717, 1.165) is 0 Å². The van der Waals surface area contributed by atoms with Gasteiger partial charge in [-0.15, -0.1) is 11.3 Å². The average molecular weight is 303 g/mol. The number of sulfonamides is 1. The summed E-state index contributed by atoms with van der Waals surface area (Å²) in [7, 11) is -3.76. The number of nitrogens with zero attached hydrogens (tertiary/aromatic N) is 2. The molecule has 8 nitrogen and oxygen atoms in total. The minimum absolute atomic E-state index is 0.0470. The molecule has 2 heterocycles. The number of thiazole rings is 1. The van der Waals surface area contributed by atoms with E-state index in [1.165, 1.54) is 15.7 Å². The van der Waals surface area contributed by atoms with Crippen LogP contribution in [0.25, 0.3) is 4.96 Å². The Hall–Kier alpha value is -1.65. The summed E-state index contributed by atoms with van der Waals surface area (Å²) >= 11 is 1.29. The average Bonchev–Trinajstić information content (AvgIpc) is 2.83. The molecule has 5 N–H and O–H groups in total. The third-order valence-corrected chi connectivity index (χ3v) is 4.65. The number of rotatable bonds is 6. The second-order valence-corrected chi connectivity index (χ2v) is 6.38. The Kier molecular flexibility index (Phi) is 3.73. The lowest BCUT2D eigenvalue weighted by atomic mass is 10.3. The van der Waals surface area contributed by atoms with E-state index >= 15 is 0 Å². The van der Waals surface area contributed by atoms with Crippen LogP contribution in [-0.4, -0.2) is 30.3 Å². The minimum atomic E-state index is -3.76. The van der Waals surface area contributed by atoms with E-state index in [1.54, 1.807) is 11.6 Å². The van der Waals surface area contributed by atoms with E-state index in [-0.39, 0.29) is 23.8 Å². The lowest BCUT2D eigenvalue weighted by Gasteiger charge is -2.05. The molecule has 0 spiro atoms. The number of anilines is 1. The van der Waals surface area contributed by atoms with Crippen LogP contribution in [0.15, 0.2) is 16.6 Å². The van der Waals surface area contributed by atoms with Crippen molar-refractivity contribution < 1.29 is 13.2 Å². The summed E-state index contributed by atoms with van der Waals surface area (Å²) in [6.07, 6.45) is 2.04. The lowest BCUT2D eigenvalue weighted by Crippen LogP contribution is -2.27. The van der Waals surface area contributed by atoms with Crippen LogP contribution < -0.4 is 16.2 Å². The summed E-state index contributed by atoms with van der Waals surface area (Å²) in [5.74, 6) is -0.516. The van der Waals surface area contributed by atoms with Crippen LogP contribution in [0.4, 0.5) is 5.82 Å². The topological polar surface area (TPSA) is 133 Å². The number of carbonyl (C=O) groups excluding carboxylic acids is 1. The molecular formula is C9H13N5O3S2. The number of imidazole rings is 1. The van der Waals surface area contributed by atoms with Gasteiger partial charge in [0.25, 0.3) is 10.0 Å². The first kappa shape index (κ1) is 13.8. The molecule has 0 bridgehead atoms. The van der Waals surface area contributed by atoms with Crippen LogP contribution >= 0.6 is 11.3 Å². The van der Waals surface area contributed by atoms with Crippen LogP contribution in [0.5, 0.6) is 0 Å². The Labute approximate surface area is 113 Å². The number of aromatic nitrogens is 2. The molecule has 1 amide bonds. The van der Waals surface area contributed by atoms with Crippen molar-refractivity contribution in [3.8, 4) is 0 Å². The molecule has 10 heteroatoms. The fourth-order valence-electron chi connectivity index (χ4n) is 1.59. The number of nitrogens with two attached hydrogens (primary N) is 2. The Balaban J connectivity index is 2.17. The highest BCUT2D eigenvalue weighted by molar-refractivity contribution is 7.89. The van der Waals surface area contributed by atoms with Crippen molar-refractivity contribution in [1.29, 1.82) is 0 Å². The van der Waals surface area contributed by atoms with Crippen LogP contribution in [0, 0.1) is 0 Å². The zero-order chi connectivity index (χ0) is 14.0. The van der Waals surface area contributed by atoms with E-state index in [0.29, 0.717) is 11.4 Å².